The molecule has 2 aromatic heterocycles. The van der Waals surface area contributed by atoms with E-state index in [2.05, 4.69) is 15.3 Å². The van der Waals surface area contributed by atoms with Crippen molar-refractivity contribution in [2.75, 3.05) is 31.2 Å². The Bertz CT molecular complexity index is 987. The first-order valence-electron chi connectivity index (χ1n) is 9.43. The van der Waals surface area contributed by atoms with Crippen LogP contribution in [0.25, 0.3) is 16.9 Å². The van der Waals surface area contributed by atoms with Crippen LogP contribution in [0.2, 0.25) is 0 Å². The van der Waals surface area contributed by atoms with E-state index in [0.717, 1.165) is 36.5 Å². The lowest BCUT2D eigenvalue weighted by Gasteiger charge is -2.26. The maximum Gasteiger partial charge on any atom is 0.251 e. The van der Waals surface area contributed by atoms with Crippen LogP contribution in [0.15, 0.2) is 42.6 Å². The summed E-state index contributed by atoms with van der Waals surface area (Å²) in [5, 5.41) is 25.7. The summed E-state index contributed by atoms with van der Waals surface area (Å²) in [6.45, 7) is 1.06. The first-order chi connectivity index (χ1) is 13.7. The van der Waals surface area contributed by atoms with Crippen LogP contribution in [-0.4, -0.2) is 63.1 Å². The monoisotopic (exact) mass is 381 g/mol. The standard InChI is InChI=1S/C20H23N5O3/c26-10-8-21-20(28)15-4-1-3-14(11-15)17-12-19(24-9-2-5-16(24)13-27)25-18(23-17)6-7-22-25/h1,3-4,6-7,11-12,16,26-27H,2,5,8-10,13H2,(H,21,28). The molecule has 3 heterocycles. The van der Waals surface area contributed by atoms with E-state index < -0.39 is 0 Å². The third-order valence-corrected chi connectivity index (χ3v) is 5.04. The lowest BCUT2D eigenvalue weighted by atomic mass is 10.1. The van der Waals surface area contributed by atoms with Crippen molar-refractivity contribution in [2.24, 2.45) is 0 Å². The number of aliphatic hydroxyl groups is 2. The molecule has 4 rings (SSSR count). The number of aliphatic hydroxyl groups excluding tert-OH is 2. The normalized spacial score (nSPS) is 16.6. The van der Waals surface area contributed by atoms with E-state index in [0.29, 0.717) is 11.2 Å². The van der Waals surface area contributed by atoms with Crippen LogP contribution in [-0.2, 0) is 0 Å². The second-order valence-corrected chi connectivity index (χ2v) is 6.83. The Morgan fingerprint density at radius 1 is 1.25 bits per heavy atom. The fraction of sp³-hybridized carbons (Fsp3) is 0.350. The van der Waals surface area contributed by atoms with Crippen molar-refractivity contribution >= 4 is 17.4 Å². The molecular weight excluding hydrogens is 358 g/mol. The predicted molar refractivity (Wildman–Crippen MR) is 105 cm³/mol. The van der Waals surface area contributed by atoms with Crippen LogP contribution in [0.4, 0.5) is 5.82 Å². The van der Waals surface area contributed by atoms with Crippen LogP contribution in [0.1, 0.15) is 23.2 Å². The molecule has 1 saturated heterocycles. The largest absolute Gasteiger partial charge is 0.395 e. The number of rotatable bonds is 6. The van der Waals surface area contributed by atoms with Gasteiger partial charge in [-0.15, -0.1) is 0 Å². The van der Waals surface area contributed by atoms with E-state index >= 15 is 0 Å². The summed E-state index contributed by atoms with van der Waals surface area (Å²) in [6, 6.07) is 11.1. The average molecular weight is 381 g/mol. The number of hydrogen-bond donors (Lipinski definition) is 3. The lowest BCUT2D eigenvalue weighted by molar-refractivity contribution is 0.0945. The van der Waals surface area contributed by atoms with Crippen molar-refractivity contribution in [1.29, 1.82) is 0 Å². The number of fused-ring (bicyclic) bond motifs is 1. The average Bonchev–Trinajstić information content (AvgIpc) is 3.40. The van der Waals surface area contributed by atoms with E-state index in [4.69, 9.17) is 10.1 Å². The third-order valence-electron chi connectivity index (χ3n) is 5.04. The van der Waals surface area contributed by atoms with Crippen molar-refractivity contribution in [3.63, 3.8) is 0 Å². The highest BCUT2D eigenvalue weighted by molar-refractivity contribution is 5.95. The molecule has 0 aliphatic carbocycles. The second-order valence-electron chi connectivity index (χ2n) is 6.83. The molecule has 8 heteroatoms. The highest BCUT2D eigenvalue weighted by atomic mass is 16.3. The van der Waals surface area contributed by atoms with Gasteiger partial charge < -0.3 is 20.4 Å². The summed E-state index contributed by atoms with van der Waals surface area (Å²) in [7, 11) is 0. The molecule has 1 unspecified atom stereocenters. The minimum atomic E-state index is -0.235. The molecule has 0 saturated carbocycles. The maximum absolute atomic E-state index is 12.2. The Morgan fingerprint density at radius 3 is 2.96 bits per heavy atom. The van der Waals surface area contributed by atoms with Crippen LogP contribution >= 0.6 is 0 Å². The Kier molecular flexibility index (Phi) is 5.23. The second kappa shape index (κ2) is 7.95. The van der Waals surface area contributed by atoms with Gasteiger partial charge in [-0.05, 0) is 25.0 Å². The Morgan fingerprint density at radius 2 is 2.14 bits per heavy atom. The van der Waals surface area contributed by atoms with E-state index in [1.165, 1.54) is 0 Å². The molecular formula is C20H23N5O3. The van der Waals surface area contributed by atoms with Gasteiger partial charge in [-0.2, -0.15) is 9.61 Å². The van der Waals surface area contributed by atoms with Gasteiger partial charge >= 0.3 is 0 Å². The number of nitrogens with one attached hydrogen (secondary N) is 1. The van der Waals surface area contributed by atoms with Gasteiger partial charge in [0.15, 0.2) is 5.65 Å². The Balaban J connectivity index is 1.75. The number of carbonyl (C=O) groups is 1. The van der Waals surface area contributed by atoms with Crippen molar-refractivity contribution in [3.05, 3.63) is 48.2 Å². The molecule has 28 heavy (non-hydrogen) atoms. The summed E-state index contributed by atoms with van der Waals surface area (Å²) in [5.74, 6) is 0.651. The molecule has 3 N–H and O–H groups in total. The van der Waals surface area contributed by atoms with Crippen molar-refractivity contribution < 1.29 is 15.0 Å². The zero-order chi connectivity index (χ0) is 19.5. The zero-order valence-electron chi connectivity index (χ0n) is 15.5. The summed E-state index contributed by atoms with van der Waals surface area (Å²) in [5.41, 5.74) is 2.79. The number of amides is 1. The van der Waals surface area contributed by atoms with Gasteiger partial charge in [0.1, 0.15) is 5.82 Å². The molecule has 1 aromatic carbocycles. The van der Waals surface area contributed by atoms with Crippen molar-refractivity contribution in [1.82, 2.24) is 19.9 Å². The van der Waals surface area contributed by atoms with Crippen LogP contribution in [0, 0.1) is 0 Å². The van der Waals surface area contributed by atoms with E-state index in [-0.39, 0.29) is 31.7 Å². The van der Waals surface area contributed by atoms with Crippen LogP contribution in [0.5, 0.6) is 0 Å². The number of nitrogens with zero attached hydrogens (tertiary/aromatic N) is 4. The first-order valence-corrected chi connectivity index (χ1v) is 9.43. The van der Waals surface area contributed by atoms with E-state index in [1.807, 2.05) is 24.3 Å². The van der Waals surface area contributed by atoms with Gasteiger partial charge in [0, 0.05) is 36.3 Å². The number of benzene rings is 1. The summed E-state index contributed by atoms with van der Waals surface area (Å²) < 4.78 is 1.79. The molecule has 1 amide bonds. The number of carbonyl (C=O) groups excluding carboxylic acids is 1. The fourth-order valence-electron chi connectivity index (χ4n) is 3.67. The Labute approximate surface area is 162 Å². The van der Waals surface area contributed by atoms with E-state index in [9.17, 15) is 9.90 Å². The fourth-order valence-corrected chi connectivity index (χ4v) is 3.67. The quantitative estimate of drug-likeness (QED) is 0.590. The molecule has 0 spiro atoms. The summed E-state index contributed by atoms with van der Waals surface area (Å²) in [6.07, 6.45) is 3.67. The van der Waals surface area contributed by atoms with Crippen molar-refractivity contribution in [2.45, 2.75) is 18.9 Å². The molecule has 8 nitrogen and oxygen atoms in total. The van der Waals surface area contributed by atoms with Gasteiger partial charge in [0.2, 0.25) is 0 Å². The van der Waals surface area contributed by atoms with Gasteiger partial charge in [-0.25, -0.2) is 4.98 Å². The van der Waals surface area contributed by atoms with Gasteiger partial charge in [-0.3, -0.25) is 4.79 Å². The predicted octanol–water partition coefficient (Wildman–Crippen LogP) is 1.08. The zero-order valence-corrected chi connectivity index (χ0v) is 15.5. The number of hydrogen-bond acceptors (Lipinski definition) is 6. The van der Waals surface area contributed by atoms with Gasteiger partial charge in [0.05, 0.1) is 31.1 Å². The van der Waals surface area contributed by atoms with E-state index in [1.54, 1.807) is 22.8 Å². The highest BCUT2D eigenvalue weighted by Gasteiger charge is 2.26. The van der Waals surface area contributed by atoms with Crippen LogP contribution < -0.4 is 10.2 Å². The lowest BCUT2D eigenvalue weighted by Crippen LogP contribution is -2.33. The SMILES string of the molecule is O=C(NCCO)c1cccc(-c2cc(N3CCCC3CO)n3nccc3n2)c1. The highest BCUT2D eigenvalue weighted by Crippen LogP contribution is 2.29. The smallest absolute Gasteiger partial charge is 0.251 e. The summed E-state index contributed by atoms with van der Waals surface area (Å²) in [4.78, 5) is 19.1. The van der Waals surface area contributed by atoms with Gasteiger partial charge in [-0.1, -0.05) is 12.1 Å². The molecule has 0 radical (unpaired) electrons. The molecule has 3 aromatic rings. The summed E-state index contributed by atoms with van der Waals surface area (Å²) >= 11 is 0. The van der Waals surface area contributed by atoms with Gasteiger partial charge in [0.25, 0.3) is 5.91 Å². The molecule has 1 aliphatic rings. The Hall–Kier alpha value is -2.97. The third kappa shape index (κ3) is 3.44. The first kappa shape index (κ1) is 18.4. The van der Waals surface area contributed by atoms with Crippen molar-refractivity contribution in [3.8, 4) is 11.3 Å². The number of anilines is 1. The minimum absolute atomic E-state index is 0.0678. The molecule has 146 valence electrons. The topological polar surface area (TPSA) is 103 Å². The van der Waals surface area contributed by atoms with Crippen LogP contribution in [0.3, 0.4) is 0 Å². The molecule has 0 bridgehead atoms. The molecule has 1 aliphatic heterocycles. The maximum atomic E-state index is 12.2. The molecule has 1 atom stereocenters. The molecule has 1 fully saturated rings. The number of aromatic nitrogens is 3. The minimum Gasteiger partial charge on any atom is -0.395 e.